The summed E-state index contributed by atoms with van der Waals surface area (Å²) in [5.41, 5.74) is 4.03. The van der Waals surface area contributed by atoms with Crippen molar-refractivity contribution < 1.29 is 9.13 Å². The van der Waals surface area contributed by atoms with Crippen LogP contribution in [0.5, 0.6) is 0 Å². The van der Waals surface area contributed by atoms with Crippen LogP contribution in [0.4, 0.5) is 16.0 Å². The van der Waals surface area contributed by atoms with Crippen molar-refractivity contribution in [2.45, 2.75) is 25.8 Å². The summed E-state index contributed by atoms with van der Waals surface area (Å²) in [4.78, 5) is 16.0. The van der Waals surface area contributed by atoms with Gasteiger partial charge in [0.2, 0.25) is 5.95 Å². The Bertz CT molecular complexity index is 1290. The van der Waals surface area contributed by atoms with E-state index >= 15 is 0 Å². The molecule has 4 aromatic rings. The van der Waals surface area contributed by atoms with E-state index in [1.165, 1.54) is 12.1 Å². The second-order valence-corrected chi connectivity index (χ2v) is 8.02. The molecule has 32 heavy (non-hydrogen) atoms. The van der Waals surface area contributed by atoms with Gasteiger partial charge >= 0.3 is 0 Å². The highest BCUT2D eigenvalue weighted by Gasteiger charge is 2.25. The average molecular weight is 433 g/mol. The number of aryl methyl sites for hydroxylation is 2. The maximum Gasteiger partial charge on any atom is 0.236 e. The van der Waals surface area contributed by atoms with E-state index in [9.17, 15) is 4.39 Å². The van der Waals surface area contributed by atoms with Gasteiger partial charge < -0.3 is 13.9 Å². The lowest BCUT2D eigenvalue weighted by Gasteiger charge is -2.26. The van der Waals surface area contributed by atoms with E-state index in [0.717, 1.165) is 41.1 Å². The molecule has 0 N–H and O–H groups in total. The molecule has 7 nitrogen and oxygen atoms in total. The van der Waals surface area contributed by atoms with Crippen LogP contribution in [0.3, 0.4) is 0 Å². The molecule has 3 aromatic heterocycles. The van der Waals surface area contributed by atoms with E-state index in [2.05, 4.69) is 26.8 Å². The van der Waals surface area contributed by atoms with Crippen LogP contribution in [0.1, 0.15) is 24.4 Å². The van der Waals surface area contributed by atoms with E-state index in [4.69, 9.17) is 14.7 Å². The first-order valence-electron chi connectivity index (χ1n) is 10.7. The van der Waals surface area contributed by atoms with Crippen molar-refractivity contribution in [1.29, 1.82) is 0 Å². The maximum absolute atomic E-state index is 14.0. The zero-order valence-corrected chi connectivity index (χ0v) is 18.2. The Balaban J connectivity index is 1.69. The van der Waals surface area contributed by atoms with Crippen LogP contribution >= 0.6 is 0 Å². The molecule has 8 heteroatoms. The molecule has 164 valence electrons. The minimum Gasteiger partial charge on any atom is -0.381 e. The summed E-state index contributed by atoms with van der Waals surface area (Å²) < 4.78 is 23.8. The lowest BCUT2D eigenvalue weighted by Crippen LogP contribution is -2.21. The van der Waals surface area contributed by atoms with Crippen molar-refractivity contribution in [3.05, 3.63) is 66.9 Å². The Morgan fingerprint density at radius 1 is 1.22 bits per heavy atom. The molecule has 0 amide bonds. The van der Waals surface area contributed by atoms with E-state index in [1.54, 1.807) is 23.4 Å². The average Bonchev–Trinajstić information content (AvgIpc) is 3.40. The van der Waals surface area contributed by atoms with Crippen LogP contribution in [0, 0.1) is 12.7 Å². The van der Waals surface area contributed by atoms with Crippen LogP contribution in [-0.4, -0.2) is 37.3 Å². The molecule has 0 atom stereocenters. The van der Waals surface area contributed by atoms with Gasteiger partial charge in [0.1, 0.15) is 11.3 Å². The number of halogens is 1. The number of rotatable bonds is 5. The van der Waals surface area contributed by atoms with Crippen molar-refractivity contribution in [2.24, 2.45) is 7.05 Å². The van der Waals surface area contributed by atoms with Crippen LogP contribution in [0.2, 0.25) is 0 Å². The van der Waals surface area contributed by atoms with Gasteiger partial charge in [-0.25, -0.2) is 14.4 Å². The third kappa shape index (κ3) is 3.46. The van der Waals surface area contributed by atoms with Gasteiger partial charge in [-0.3, -0.25) is 4.90 Å². The van der Waals surface area contributed by atoms with Gasteiger partial charge in [0, 0.05) is 38.7 Å². The van der Waals surface area contributed by atoms with E-state index < -0.39 is 0 Å². The lowest BCUT2D eigenvalue weighted by molar-refractivity contribution is 0.0708. The number of benzene rings is 1. The molecule has 1 aliphatic rings. The molecule has 0 spiro atoms. The van der Waals surface area contributed by atoms with Crippen molar-refractivity contribution >= 4 is 22.8 Å². The van der Waals surface area contributed by atoms with E-state index in [-0.39, 0.29) is 11.9 Å². The summed E-state index contributed by atoms with van der Waals surface area (Å²) in [6.45, 7) is 7.24. The summed E-state index contributed by atoms with van der Waals surface area (Å²) >= 11 is 0. The number of fused-ring (bicyclic) bond motifs is 1. The number of anilines is 2. The number of ether oxygens (including phenoxy) is 1. The summed E-state index contributed by atoms with van der Waals surface area (Å²) in [5, 5.41) is 0. The van der Waals surface area contributed by atoms with Gasteiger partial charge in [-0.05, 0) is 49.6 Å². The predicted molar refractivity (Wildman–Crippen MR) is 122 cm³/mol. The second-order valence-electron chi connectivity index (χ2n) is 8.02. The van der Waals surface area contributed by atoms with Crippen molar-refractivity contribution in [1.82, 2.24) is 24.1 Å². The standard InChI is InChI=1S/C24H25FN6O/c1-4-30(21-14-17(25)8-7-16(21)2)24-26-15-19-22(28-24)31(18-9-12-32-13-10-18)23(27-19)20-6-5-11-29(20)3/h4-8,11,14-15,18H,1,9-10,12-13H2,2-3H3. The van der Waals surface area contributed by atoms with Gasteiger partial charge in [-0.15, -0.1) is 0 Å². The van der Waals surface area contributed by atoms with Gasteiger partial charge in [0.25, 0.3) is 0 Å². The van der Waals surface area contributed by atoms with Crippen molar-refractivity contribution in [2.75, 3.05) is 18.1 Å². The Morgan fingerprint density at radius 3 is 2.75 bits per heavy atom. The third-order valence-electron chi connectivity index (χ3n) is 5.98. The minimum atomic E-state index is -0.322. The molecule has 0 aliphatic carbocycles. The molecule has 0 bridgehead atoms. The van der Waals surface area contributed by atoms with Crippen LogP contribution < -0.4 is 4.90 Å². The van der Waals surface area contributed by atoms with Gasteiger partial charge in [0.15, 0.2) is 11.5 Å². The highest BCUT2D eigenvalue weighted by Crippen LogP contribution is 2.34. The predicted octanol–water partition coefficient (Wildman–Crippen LogP) is 4.91. The van der Waals surface area contributed by atoms with Crippen LogP contribution in [-0.2, 0) is 11.8 Å². The second kappa shape index (κ2) is 8.20. The third-order valence-corrected chi connectivity index (χ3v) is 5.98. The smallest absolute Gasteiger partial charge is 0.236 e. The molecule has 0 unspecified atom stereocenters. The van der Waals surface area contributed by atoms with Crippen LogP contribution in [0.15, 0.2) is 55.5 Å². The molecule has 4 heterocycles. The quantitative estimate of drug-likeness (QED) is 0.448. The first-order chi connectivity index (χ1) is 15.6. The minimum absolute atomic E-state index is 0.217. The summed E-state index contributed by atoms with van der Waals surface area (Å²) in [6.07, 6.45) is 7.11. The number of imidazole rings is 1. The SMILES string of the molecule is C=CN(c1ncc2nc(-c3cccn3C)n(C3CCOCC3)c2n1)c1cc(F)ccc1C. The van der Waals surface area contributed by atoms with E-state index in [1.807, 2.05) is 26.2 Å². The highest BCUT2D eigenvalue weighted by atomic mass is 19.1. The molecular formula is C24H25FN6O. The molecule has 0 radical (unpaired) electrons. The molecule has 1 aliphatic heterocycles. The zero-order valence-electron chi connectivity index (χ0n) is 18.2. The monoisotopic (exact) mass is 432 g/mol. The Kier molecular flexibility index (Phi) is 5.22. The molecular weight excluding hydrogens is 407 g/mol. The number of hydrogen-bond donors (Lipinski definition) is 0. The fourth-order valence-electron chi connectivity index (χ4n) is 4.29. The van der Waals surface area contributed by atoms with Crippen molar-refractivity contribution in [3.63, 3.8) is 0 Å². The molecule has 5 rings (SSSR count). The molecule has 0 saturated carbocycles. The Morgan fingerprint density at radius 2 is 2.03 bits per heavy atom. The summed E-state index contributed by atoms with van der Waals surface area (Å²) in [5.74, 6) is 0.961. The number of aromatic nitrogens is 5. The first-order valence-corrected chi connectivity index (χ1v) is 10.7. The maximum atomic E-state index is 14.0. The summed E-state index contributed by atoms with van der Waals surface area (Å²) in [6, 6.07) is 8.92. The topological polar surface area (TPSA) is 61.0 Å². The first kappa shape index (κ1) is 20.4. The Hall–Kier alpha value is -3.52. The fourth-order valence-corrected chi connectivity index (χ4v) is 4.29. The molecule has 1 aromatic carbocycles. The largest absolute Gasteiger partial charge is 0.381 e. The molecule has 1 saturated heterocycles. The van der Waals surface area contributed by atoms with Gasteiger partial charge in [-0.1, -0.05) is 12.6 Å². The highest BCUT2D eigenvalue weighted by molar-refractivity contribution is 5.78. The van der Waals surface area contributed by atoms with Gasteiger partial charge in [-0.2, -0.15) is 4.98 Å². The number of nitrogens with zero attached hydrogens (tertiary/aromatic N) is 6. The van der Waals surface area contributed by atoms with Crippen molar-refractivity contribution in [3.8, 4) is 11.5 Å². The zero-order chi connectivity index (χ0) is 22.2. The number of hydrogen-bond acceptors (Lipinski definition) is 5. The normalized spacial score (nSPS) is 14.7. The summed E-state index contributed by atoms with van der Waals surface area (Å²) in [7, 11) is 2.01. The van der Waals surface area contributed by atoms with Gasteiger partial charge in [0.05, 0.1) is 17.6 Å². The van der Waals surface area contributed by atoms with E-state index in [0.29, 0.717) is 24.8 Å². The fraction of sp³-hybridized carbons (Fsp3) is 0.292. The lowest BCUT2D eigenvalue weighted by atomic mass is 10.1. The Labute approximate surface area is 185 Å². The van der Waals surface area contributed by atoms with Crippen LogP contribution in [0.25, 0.3) is 22.7 Å². The molecule has 1 fully saturated rings.